The van der Waals surface area contributed by atoms with E-state index in [9.17, 15) is 4.79 Å². The first kappa shape index (κ1) is 14.0. The van der Waals surface area contributed by atoms with E-state index >= 15 is 0 Å². The maximum Gasteiger partial charge on any atom is 0.251 e. The minimum atomic E-state index is -0.176. The molecule has 1 aliphatic heterocycles. The van der Waals surface area contributed by atoms with Gasteiger partial charge in [0.2, 0.25) is 0 Å². The summed E-state index contributed by atoms with van der Waals surface area (Å²) < 4.78 is 5.54. The molecule has 1 unspecified atom stereocenters. The number of amides is 1. The van der Waals surface area contributed by atoms with Gasteiger partial charge in [-0.25, -0.2) is 0 Å². The quantitative estimate of drug-likeness (QED) is 0.704. The van der Waals surface area contributed by atoms with Gasteiger partial charge in [0, 0.05) is 25.0 Å². The third-order valence-electron chi connectivity index (χ3n) is 2.90. The van der Waals surface area contributed by atoms with Crippen LogP contribution in [0.2, 0.25) is 0 Å². The van der Waals surface area contributed by atoms with Gasteiger partial charge in [-0.3, -0.25) is 4.79 Å². The number of alkyl halides is 1. The number of carbonyl (C=O) groups excluding carboxylic acids is 1. The first-order valence-corrected chi connectivity index (χ1v) is 7.38. The van der Waals surface area contributed by atoms with Gasteiger partial charge in [0.15, 0.2) is 0 Å². The average molecular weight is 292 g/mol. The first-order valence-electron chi connectivity index (χ1n) is 6.26. The van der Waals surface area contributed by atoms with E-state index in [2.05, 4.69) is 22.9 Å². The van der Waals surface area contributed by atoms with Gasteiger partial charge in [-0.15, -0.1) is 0 Å². The van der Waals surface area contributed by atoms with Crippen LogP contribution in [-0.4, -0.2) is 41.9 Å². The van der Waals surface area contributed by atoms with Crippen LogP contribution in [0, 0.1) is 0 Å². The van der Waals surface area contributed by atoms with Crippen molar-refractivity contribution in [3.8, 4) is 0 Å². The predicted octanol–water partition coefficient (Wildman–Crippen LogP) is 2.58. The van der Waals surface area contributed by atoms with E-state index in [1.165, 1.54) is 0 Å². The molecule has 1 atom stereocenters. The number of rotatable bonds is 6. The van der Waals surface area contributed by atoms with Gasteiger partial charge in [0.1, 0.15) is 6.10 Å². The molecule has 0 aromatic carbocycles. The number of ether oxygens (including phenoxy) is 1. The Morgan fingerprint density at radius 2 is 2.25 bits per heavy atom. The molecule has 4 heteroatoms. The molecule has 1 amide bonds. The number of hydrogen-bond donors (Lipinski definition) is 0. The summed E-state index contributed by atoms with van der Waals surface area (Å²) >= 11 is 3.40. The maximum absolute atomic E-state index is 12.2. The third kappa shape index (κ3) is 4.42. The number of unbranched alkanes of at least 4 members (excludes halogenated alkanes) is 1. The first-order chi connectivity index (χ1) is 7.79. The van der Waals surface area contributed by atoms with Gasteiger partial charge in [0.25, 0.3) is 5.91 Å². The number of hydrogen-bond acceptors (Lipinski definition) is 2. The average Bonchev–Trinajstić information content (AvgIpc) is 2.35. The van der Waals surface area contributed by atoms with Crippen LogP contribution in [0.1, 0.15) is 39.0 Å². The van der Waals surface area contributed by atoms with Gasteiger partial charge >= 0.3 is 0 Å². The van der Waals surface area contributed by atoms with Crippen LogP contribution in [0.5, 0.6) is 0 Å². The number of carbonyl (C=O) groups is 1. The van der Waals surface area contributed by atoms with Gasteiger partial charge < -0.3 is 9.64 Å². The number of halogens is 1. The second-order valence-corrected chi connectivity index (χ2v) is 5.02. The summed E-state index contributed by atoms with van der Waals surface area (Å²) in [5, 5.41) is 0.842. The Balaban J connectivity index is 2.44. The second-order valence-electron chi connectivity index (χ2n) is 4.22. The van der Waals surface area contributed by atoms with E-state index in [1.54, 1.807) is 0 Å². The van der Waals surface area contributed by atoms with Crippen molar-refractivity contribution in [3.05, 3.63) is 0 Å². The van der Waals surface area contributed by atoms with Crippen LogP contribution >= 0.6 is 15.9 Å². The molecule has 1 fully saturated rings. The van der Waals surface area contributed by atoms with Crippen molar-refractivity contribution < 1.29 is 9.53 Å². The summed E-state index contributed by atoms with van der Waals surface area (Å²) in [4.78, 5) is 14.1. The normalized spacial score (nSPS) is 20.8. The highest BCUT2D eigenvalue weighted by atomic mass is 79.9. The summed E-state index contributed by atoms with van der Waals surface area (Å²) in [6.07, 6.45) is 5.13. The molecule has 1 rings (SSSR count). The van der Waals surface area contributed by atoms with E-state index in [1.807, 2.05) is 4.90 Å². The topological polar surface area (TPSA) is 29.5 Å². The van der Waals surface area contributed by atoms with Crippen molar-refractivity contribution in [1.29, 1.82) is 0 Å². The van der Waals surface area contributed by atoms with Crippen molar-refractivity contribution in [3.63, 3.8) is 0 Å². The fourth-order valence-corrected chi connectivity index (χ4v) is 2.35. The highest BCUT2D eigenvalue weighted by Crippen LogP contribution is 2.15. The molecule has 0 aromatic heterocycles. The van der Waals surface area contributed by atoms with Gasteiger partial charge in [0.05, 0.1) is 0 Å². The lowest BCUT2D eigenvalue weighted by atomic mass is 10.1. The molecule has 16 heavy (non-hydrogen) atoms. The van der Waals surface area contributed by atoms with Crippen LogP contribution in [0.25, 0.3) is 0 Å². The van der Waals surface area contributed by atoms with Gasteiger partial charge in [-0.05, 0) is 25.7 Å². The van der Waals surface area contributed by atoms with E-state index in [0.29, 0.717) is 0 Å². The largest absolute Gasteiger partial charge is 0.368 e. The molecule has 0 aromatic rings. The maximum atomic E-state index is 12.2. The highest BCUT2D eigenvalue weighted by molar-refractivity contribution is 9.09. The minimum absolute atomic E-state index is 0.176. The summed E-state index contributed by atoms with van der Waals surface area (Å²) in [7, 11) is 0. The molecule has 1 aliphatic rings. The van der Waals surface area contributed by atoms with Crippen LogP contribution < -0.4 is 0 Å². The number of nitrogens with zero attached hydrogens (tertiary/aromatic N) is 1. The zero-order valence-corrected chi connectivity index (χ0v) is 11.7. The van der Waals surface area contributed by atoms with Crippen LogP contribution in [0.3, 0.4) is 0 Å². The minimum Gasteiger partial charge on any atom is -0.368 e. The molecule has 0 spiro atoms. The standard InChI is InChI=1S/C12H22BrNO2/c1-2-3-8-14(9-7-13)12(15)11-6-4-5-10-16-11/h11H,2-10H2,1H3. The summed E-state index contributed by atoms with van der Waals surface area (Å²) in [6.45, 7) is 4.54. The van der Waals surface area contributed by atoms with Crippen molar-refractivity contribution >= 4 is 21.8 Å². The molecule has 0 radical (unpaired) electrons. The monoisotopic (exact) mass is 291 g/mol. The van der Waals surface area contributed by atoms with Crippen molar-refractivity contribution in [2.45, 2.75) is 45.1 Å². The highest BCUT2D eigenvalue weighted by Gasteiger charge is 2.26. The van der Waals surface area contributed by atoms with Gasteiger partial charge in [-0.1, -0.05) is 29.3 Å². The van der Waals surface area contributed by atoms with E-state index in [0.717, 1.165) is 57.1 Å². The zero-order chi connectivity index (χ0) is 11.8. The van der Waals surface area contributed by atoms with Crippen LogP contribution in [0.15, 0.2) is 0 Å². The Kier molecular flexibility index (Phi) is 7.05. The van der Waals surface area contributed by atoms with E-state index in [4.69, 9.17) is 4.74 Å². The molecular formula is C12H22BrNO2. The Hall–Kier alpha value is -0.0900. The summed E-state index contributed by atoms with van der Waals surface area (Å²) in [5.41, 5.74) is 0. The molecular weight excluding hydrogens is 270 g/mol. The summed E-state index contributed by atoms with van der Waals surface area (Å²) in [6, 6.07) is 0. The zero-order valence-electron chi connectivity index (χ0n) is 10.1. The van der Waals surface area contributed by atoms with Gasteiger partial charge in [-0.2, -0.15) is 0 Å². The summed E-state index contributed by atoms with van der Waals surface area (Å²) in [5.74, 6) is 0.188. The lowest BCUT2D eigenvalue weighted by molar-refractivity contribution is -0.146. The van der Waals surface area contributed by atoms with E-state index in [-0.39, 0.29) is 12.0 Å². The van der Waals surface area contributed by atoms with E-state index < -0.39 is 0 Å². The van der Waals surface area contributed by atoms with Crippen LogP contribution in [0.4, 0.5) is 0 Å². The Morgan fingerprint density at radius 3 is 2.81 bits per heavy atom. The third-order valence-corrected chi connectivity index (χ3v) is 3.26. The smallest absolute Gasteiger partial charge is 0.251 e. The second kappa shape index (κ2) is 8.07. The molecule has 3 nitrogen and oxygen atoms in total. The van der Waals surface area contributed by atoms with Crippen molar-refractivity contribution in [1.82, 2.24) is 4.90 Å². The Morgan fingerprint density at radius 1 is 1.44 bits per heavy atom. The van der Waals surface area contributed by atoms with Crippen LogP contribution in [-0.2, 0) is 9.53 Å². The van der Waals surface area contributed by atoms with Crippen molar-refractivity contribution in [2.24, 2.45) is 0 Å². The van der Waals surface area contributed by atoms with Crippen molar-refractivity contribution in [2.75, 3.05) is 25.0 Å². The Labute approximate surface area is 107 Å². The fourth-order valence-electron chi connectivity index (χ4n) is 1.92. The molecule has 0 aliphatic carbocycles. The molecule has 0 bridgehead atoms. The predicted molar refractivity (Wildman–Crippen MR) is 68.9 cm³/mol. The molecule has 1 heterocycles. The fraction of sp³-hybridized carbons (Fsp3) is 0.917. The molecule has 0 N–H and O–H groups in total. The SMILES string of the molecule is CCCCN(CCBr)C(=O)C1CCCCO1. The lowest BCUT2D eigenvalue weighted by Gasteiger charge is -2.29. The molecule has 1 saturated heterocycles. The molecule has 94 valence electrons. The lowest BCUT2D eigenvalue weighted by Crippen LogP contribution is -2.43. The molecule has 0 saturated carbocycles. The Bertz CT molecular complexity index is 205.